The molecule has 3 aliphatic heterocycles. The summed E-state index contributed by atoms with van der Waals surface area (Å²) in [6.45, 7) is 3.04. The van der Waals surface area contributed by atoms with Crippen LogP contribution in [0.5, 0.6) is 5.75 Å². The van der Waals surface area contributed by atoms with Gasteiger partial charge in [-0.25, -0.2) is 4.57 Å². The van der Waals surface area contributed by atoms with Crippen molar-refractivity contribution in [2.75, 3.05) is 27.2 Å². The maximum atomic E-state index is 11.8. The first-order valence-corrected chi connectivity index (χ1v) is 13.9. The lowest BCUT2D eigenvalue weighted by Gasteiger charge is -2.55. The average molecular weight is 530 g/mol. The Hall–Kier alpha value is -1.15. The molecule has 1 saturated carbocycles. The SMILES string of the molecule is CNC1CC2OC3O[C@H](C)CC(CNCCc4ccc(OP(=O)(O)O)cc4)C3(O)OC23C(C1O)N3C. The molecule has 36 heavy (non-hydrogen) atoms. The molecule has 1 spiro atoms. The summed E-state index contributed by atoms with van der Waals surface area (Å²) in [6, 6.07) is 6.13. The molecule has 12 nitrogen and oxygen atoms in total. The number of ether oxygens (including phenoxy) is 3. The summed E-state index contributed by atoms with van der Waals surface area (Å²) in [4.78, 5) is 19.8. The molecule has 4 fully saturated rings. The van der Waals surface area contributed by atoms with Crippen LogP contribution in [-0.4, -0.2) is 100 Å². The van der Waals surface area contributed by atoms with E-state index in [0.717, 1.165) is 5.56 Å². The highest BCUT2D eigenvalue weighted by molar-refractivity contribution is 7.46. The van der Waals surface area contributed by atoms with Crippen molar-refractivity contribution < 1.29 is 43.3 Å². The Morgan fingerprint density at radius 3 is 2.61 bits per heavy atom. The van der Waals surface area contributed by atoms with E-state index in [1.165, 1.54) is 12.1 Å². The minimum atomic E-state index is -4.58. The van der Waals surface area contributed by atoms with Gasteiger partial charge in [0.1, 0.15) is 11.9 Å². The summed E-state index contributed by atoms with van der Waals surface area (Å²) < 4.78 is 34.3. The van der Waals surface area contributed by atoms with Crippen LogP contribution in [0.25, 0.3) is 0 Å². The van der Waals surface area contributed by atoms with Crippen molar-refractivity contribution in [1.29, 1.82) is 0 Å². The second-order valence-corrected chi connectivity index (χ2v) is 11.5. The molecule has 0 radical (unpaired) electrons. The zero-order chi connectivity index (χ0) is 25.9. The number of phosphoric ester groups is 1. The molecule has 3 saturated heterocycles. The number of rotatable bonds is 8. The predicted octanol–water partition coefficient (Wildman–Crippen LogP) is -0.492. The maximum absolute atomic E-state index is 11.8. The molecule has 1 aromatic rings. The van der Waals surface area contributed by atoms with Crippen LogP contribution in [0.2, 0.25) is 0 Å². The highest BCUT2D eigenvalue weighted by Crippen LogP contribution is 2.58. The Morgan fingerprint density at radius 1 is 1.22 bits per heavy atom. The Labute approximate surface area is 210 Å². The van der Waals surface area contributed by atoms with E-state index < -0.39 is 31.7 Å². The molecular weight excluding hydrogens is 493 g/mol. The largest absolute Gasteiger partial charge is 0.524 e. The Bertz CT molecular complexity index is 996. The summed E-state index contributed by atoms with van der Waals surface area (Å²) in [5.41, 5.74) is 0.0890. The number of aliphatic hydroxyl groups is 2. The number of fused-ring (bicyclic) bond motifs is 1. The second kappa shape index (κ2) is 9.55. The van der Waals surface area contributed by atoms with Crippen molar-refractivity contribution in [3.8, 4) is 5.75 Å². The van der Waals surface area contributed by atoms with E-state index in [1.807, 2.05) is 25.9 Å². The van der Waals surface area contributed by atoms with Crippen LogP contribution in [0.4, 0.5) is 0 Å². The van der Waals surface area contributed by atoms with Gasteiger partial charge >= 0.3 is 7.82 Å². The van der Waals surface area contributed by atoms with Gasteiger partial charge in [0.2, 0.25) is 12.1 Å². The van der Waals surface area contributed by atoms with Gasteiger partial charge in [-0.1, -0.05) is 12.1 Å². The topological polar surface area (TPSA) is 162 Å². The van der Waals surface area contributed by atoms with Gasteiger partial charge in [0.25, 0.3) is 0 Å². The quantitative estimate of drug-likeness (QED) is 0.146. The first kappa shape index (κ1) is 26.5. The minimum absolute atomic E-state index is 0.105. The number of benzene rings is 1. The zero-order valence-electron chi connectivity index (χ0n) is 20.6. The molecule has 13 heteroatoms. The highest BCUT2D eigenvalue weighted by Gasteiger charge is 2.79. The smallest absolute Gasteiger partial charge is 0.404 e. The number of hydrogen-bond donors (Lipinski definition) is 6. The molecular formula is C23H36N3O9P. The number of aliphatic hydroxyl groups excluding tert-OH is 1. The fourth-order valence-electron chi connectivity index (χ4n) is 6.12. The molecule has 3 heterocycles. The molecule has 6 N–H and O–H groups in total. The van der Waals surface area contributed by atoms with Crippen LogP contribution in [0.1, 0.15) is 25.3 Å². The lowest BCUT2D eigenvalue weighted by atomic mass is 9.83. The van der Waals surface area contributed by atoms with Crippen LogP contribution in [0, 0.1) is 5.92 Å². The van der Waals surface area contributed by atoms with Gasteiger partial charge in [-0.3, -0.25) is 14.7 Å². The summed E-state index contributed by atoms with van der Waals surface area (Å²) in [6.07, 6.45) is -0.231. The van der Waals surface area contributed by atoms with Crippen LogP contribution >= 0.6 is 7.82 Å². The van der Waals surface area contributed by atoms with E-state index in [2.05, 4.69) is 15.2 Å². The van der Waals surface area contributed by atoms with E-state index in [-0.39, 0.29) is 36.0 Å². The molecule has 1 aromatic carbocycles. The zero-order valence-corrected chi connectivity index (χ0v) is 21.5. The van der Waals surface area contributed by atoms with Crippen molar-refractivity contribution in [3.63, 3.8) is 0 Å². The predicted molar refractivity (Wildman–Crippen MR) is 127 cm³/mol. The van der Waals surface area contributed by atoms with E-state index >= 15 is 0 Å². The first-order valence-electron chi connectivity index (χ1n) is 12.3. The average Bonchev–Trinajstić information content (AvgIpc) is 3.39. The van der Waals surface area contributed by atoms with Crippen LogP contribution in [0.3, 0.4) is 0 Å². The van der Waals surface area contributed by atoms with Crippen molar-refractivity contribution >= 4 is 7.82 Å². The number of likely N-dealkylation sites (tertiary alicyclic amines) is 1. The van der Waals surface area contributed by atoms with Gasteiger partial charge in [0, 0.05) is 18.5 Å². The normalized spacial score (nSPS) is 43.8. The van der Waals surface area contributed by atoms with Crippen molar-refractivity contribution in [2.24, 2.45) is 5.92 Å². The summed E-state index contributed by atoms with van der Waals surface area (Å²) in [5.74, 6) is -1.85. The molecule has 1 aliphatic carbocycles. The van der Waals surface area contributed by atoms with Gasteiger partial charge in [-0.2, -0.15) is 0 Å². The monoisotopic (exact) mass is 529 g/mol. The Kier molecular flexibility index (Phi) is 7.02. The fourth-order valence-corrected chi connectivity index (χ4v) is 6.52. The molecule has 0 amide bonds. The van der Waals surface area contributed by atoms with E-state index in [4.69, 9.17) is 24.0 Å². The molecule has 5 rings (SSSR count). The summed E-state index contributed by atoms with van der Waals surface area (Å²) in [7, 11) is -0.889. The van der Waals surface area contributed by atoms with Crippen LogP contribution in [-0.2, 0) is 25.2 Å². The van der Waals surface area contributed by atoms with Crippen molar-refractivity contribution in [1.82, 2.24) is 15.5 Å². The molecule has 0 aromatic heterocycles. The van der Waals surface area contributed by atoms with E-state index in [9.17, 15) is 14.8 Å². The fraction of sp³-hybridized carbons (Fsp3) is 0.739. The number of hydrogen-bond acceptors (Lipinski definition) is 10. The Balaban J connectivity index is 1.21. The first-order chi connectivity index (χ1) is 17.0. The summed E-state index contributed by atoms with van der Waals surface area (Å²) >= 11 is 0. The minimum Gasteiger partial charge on any atom is -0.404 e. The molecule has 0 bridgehead atoms. The number of phosphoric acid groups is 1. The van der Waals surface area contributed by atoms with Crippen LogP contribution < -0.4 is 15.2 Å². The van der Waals surface area contributed by atoms with Crippen molar-refractivity contribution in [3.05, 3.63) is 29.8 Å². The third kappa shape index (κ3) is 4.63. The highest BCUT2D eigenvalue weighted by atomic mass is 31.2. The number of nitrogens with zero attached hydrogens (tertiary/aromatic N) is 1. The lowest BCUT2D eigenvalue weighted by Crippen LogP contribution is -2.71. The van der Waals surface area contributed by atoms with Gasteiger partial charge < -0.3 is 39.6 Å². The molecule has 9 unspecified atom stereocenters. The molecule has 10 atom stereocenters. The van der Waals surface area contributed by atoms with E-state index in [0.29, 0.717) is 32.4 Å². The summed E-state index contributed by atoms with van der Waals surface area (Å²) in [5, 5.41) is 29.1. The second-order valence-electron chi connectivity index (χ2n) is 10.3. The molecule has 202 valence electrons. The van der Waals surface area contributed by atoms with Crippen LogP contribution in [0.15, 0.2) is 24.3 Å². The van der Waals surface area contributed by atoms with E-state index in [1.54, 1.807) is 12.1 Å². The molecule has 4 aliphatic rings. The van der Waals surface area contributed by atoms with Gasteiger partial charge in [-0.15, -0.1) is 0 Å². The third-order valence-electron chi connectivity index (χ3n) is 8.00. The van der Waals surface area contributed by atoms with Gasteiger partial charge in [0.05, 0.1) is 18.2 Å². The third-order valence-corrected chi connectivity index (χ3v) is 8.45. The van der Waals surface area contributed by atoms with Gasteiger partial charge in [0.15, 0.2) is 5.72 Å². The maximum Gasteiger partial charge on any atom is 0.524 e. The Morgan fingerprint density at radius 2 is 1.94 bits per heavy atom. The number of likely N-dealkylation sites (N-methyl/N-ethyl adjacent to an activating group) is 2. The van der Waals surface area contributed by atoms with Crippen molar-refractivity contribution in [2.45, 2.75) is 74.4 Å². The lowest BCUT2D eigenvalue weighted by molar-refractivity contribution is -0.459. The van der Waals surface area contributed by atoms with Gasteiger partial charge in [-0.05, 0) is 64.5 Å². The standard InChI is InChI=1S/C23H36N3O9P/c1-13-10-15(12-25-9-8-14-4-6-16(7-5-14)34-36(29,30)31)23(28)21(32-13)33-18-11-17(24-2)19(27)20-22(18,35-23)26(20)3/h4-7,13,15,17-21,24-25,27-28H,8-12H2,1-3H3,(H2,29,30,31)/t13-,15?,17?,18?,19?,20?,21?,22?,23?,26?/m1/s1. The number of nitrogens with one attached hydrogen (secondary N) is 2.